The molecule has 10 heteroatoms. The number of nitrogens with one attached hydrogen (secondary N) is 2. The minimum Gasteiger partial charge on any atom is -0.497 e. The number of hydrogen-bond donors (Lipinski definition) is 2. The molecule has 0 aliphatic carbocycles. The lowest BCUT2D eigenvalue weighted by atomic mass is 10.1. The smallest absolute Gasteiger partial charge is 0.295 e. The maximum absolute atomic E-state index is 13.3. The van der Waals surface area contributed by atoms with Crippen molar-refractivity contribution >= 4 is 11.4 Å². The first-order valence-corrected chi connectivity index (χ1v) is 10.4. The van der Waals surface area contributed by atoms with E-state index in [0.717, 1.165) is 4.68 Å². The molecular formula is C24H21N5O5. The Hall–Kier alpha value is -4.73. The van der Waals surface area contributed by atoms with Crippen molar-refractivity contribution in [2.24, 2.45) is 0 Å². The van der Waals surface area contributed by atoms with Gasteiger partial charge in [0.2, 0.25) is 5.56 Å². The predicted molar refractivity (Wildman–Crippen MR) is 129 cm³/mol. The van der Waals surface area contributed by atoms with E-state index in [1.165, 1.54) is 24.4 Å². The molecule has 10 nitrogen and oxygen atoms in total. The highest BCUT2D eigenvalue weighted by molar-refractivity contribution is 5.71. The van der Waals surface area contributed by atoms with Gasteiger partial charge in [-0.15, -0.1) is 0 Å². The van der Waals surface area contributed by atoms with E-state index in [-0.39, 0.29) is 22.6 Å². The summed E-state index contributed by atoms with van der Waals surface area (Å²) in [6.45, 7) is 2.31. The number of aromatic amines is 1. The van der Waals surface area contributed by atoms with Crippen LogP contribution in [0.2, 0.25) is 0 Å². The van der Waals surface area contributed by atoms with Gasteiger partial charge in [0.05, 0.1) is 17.7 Å². The minimum absolute atomic E-state index is 0.00241. The number of aromatic nitrogens is 3. The summed E-state index contributed by atoms with van der Waals surface area (Å²) in [4.78, 5) is 38.6. The Morgan fingerprint density at radius 2 is 1.85 bits per heavy atom. The third kappa shape index (κ3) is 4.42. The summed E-state index contributed by atoms with van der Waals surface area (Å²) in [7, 11) is 1.54. The molecule has 2 aromatic heterocycles. The van der Waals surface area contributed by atoms with Gasteiger partial charge in [-0.05, 0) is 54.4 Å². The van der Waals surface area contributed by atoms with E-state index >= 15 is 0 Å². The van der Waals surface area contributed by atoms with Gasteiger partial charge in [0, 0.05) is 30.4 Å². The molecule has 0 saturated heterocycles. The van der Waals surface area contributed by atoms with Crippen molar-refractivity contribution in [3.05, 3.63) is 97.7 Å². The van der Waals surface area contributed by atoms with Crippen LogP contribution < -0.4 is 21.2 Å². The lowest BCUT2D eigenvalue weighted by molar-refractivity contribution is -0.384. The molecule has 0 amide bonds. The second-order valence-corrected chi connectivity index (χ2v) is 7.32. The lowest BCUT2D eigenvalue weighted by Crippen LogP contribution is -2.25. The molecule has 4 aromatic rings. The van der Waals surface area contributed by atoms with Crippen molar-refractivity contribution in [3.63, 3.8) is 0 Å². The van der Waals surface area contributed by atoms with Gasteiger partial charge in [0.25, 0.3) is 11.2 Å². The third-order valence-electron chi connectivity index (χ3n) is 5.16. The van der Waals surface area contributed by atoms with Crippen LogP contribution in [0.15, 0.2) is 76.4 Å². The lowest BCUT2D eigenvalue weighted by Gasteiger charge is -2.13. The molecule has 0 atom stereocenters. The first-order valence-electron chi connectivity index (χ1n) is 10.4. The van der Waals surface area contributed by atoms with Gasteiger partial charge in [-0.1, -0.05) is 12.1 Å². The number of hydrogen-bond acceptors (Lipinski definition) is 7. The molecule has 2 N–H and O–H groups in total. The quantitative estimate of drug-likeness (QED) is 0.319. The Kier molecular flexibility index (Phi) is 6.22. The summed E-state index contributed by atoms with van der Waals surface area (Å²) in [5.41, 5.74) is 1.46. The van der Waals surface area contributed by atoms with Crippen molar-refractivity contribution in [2.75, 3.05) is 19.0 Å². The number of nitrogens with zero attached hydrogens (tertiary/aromatic N) is 3. The monoisotopic (exact) mass is 459 g/mol. The molecule has 0 fully saturated rings. The zero-order valence-corrected chi connectivity index (χ0v) is 18.4. The molecular weight excluding hydrogens is 438 g/mol. The van der Waals surface area contributed by atoms with E-state index in [4.69, 9.17) is 4.74 Å². The number of nitro benzene ring substituents is 1. The van der Waals surface area contributed by atoms with Crippen molar-refractivity contribution in [1.29, 1.82) is 0 Å². The van der Waals surface area contributed by atoms with Crippen molar-refractivity contribution in [2.45, 2.75) is 6.92 Å². The highest BCUT2D eigenvalue weighted by Gasteiger charge is 2.21. The number of benzene rings is 2. The van der Waals surface area contributed by atoms with Crippen LogP contribution in [0.25, 0.3) is 28.1 Å². The standard InChI is InChI=1S/C24H21N5O5/c1-3-25-20-13-19(16-5-4-6-18(11-16)34-2)27-28(24(20)31)22-12-15(7-9-21(22)29(32)33)17-8-10-23(30)26-14-17/h4-14,25H,3H2,1-2H3,(H,26,30). The van der Waals surface area contributed by atoms with Crippen LogP contribution in [-0.2, 0) is 0 Å². The molecule has 0 bridgehead atoms. The SMILES string of the molecule is CCNc1cc(-c2cccc(OC)c2)nn(-c2cc(-c3ccc(=O)[nH]c3)ccc2[N+](=O)[O-])c1=O. The van der Waals surface area contributed by atoms with Crippen LogP contribution in [0.5, 0.6) is 5.75 Å². The summed E-state index contributed by atoms with van der Waals surface area (Å²) in [6, 6.07) is 16.1. The Labute approximate surface area is 193 Å². The molecule has 2 aromatic carbocycles. The minimum atomic E-state index is -0.564. The first-order chi connectivity index (χ1) is 16.4. The Balaban J connectivity index is 1.98. The number of nitro groups is 1. The molecule has 0 unspecified atom stereocenters. The van der Waals surface area contributed by atoms with E-state index in [2.05, 4.69) is 15.4 Å². The van der Waals surface area contributed by atoms with Gasteiger partial charge in [-0.2, -0.15) is 9.78 Å². The van der Waals surface area contributed by atoms with Crippen molar-refractivity contribution < 1.29 is 9.66 Å². The average Bonchev–Trinajstić information content (AvgIpc) is 2.85. The number of pyridine rings is 1. The predicted octanol–water partition coefficient (Wildman–Crippen LogP) is 3.60. The van der Waals surface area contributed by atoms with E-state index in [1.807, 2.05) is 6.92 Å². The fourth-order valence-corrected chi connectivity index (χ4v) is 3.52. The molecule has 0 aliphatic rings. The van der Waals surface area contributed by atoms with Gasteiger partial charge in [0.1, 0.15) is 17.1 Å². The summed E-state index contributed by atoms with van der Waals surface area (Å²) in [6.07, 6.45) is 1.50. The molecule has 0 radical (unpaired) electrons. The molecule has 0 spiro atoms. The Bertz CT molecular complexity index is 1470. The summed E-state index contributed by atoms with van der Waals surface area (Å²) in [5, 5.41) is 19.3. The average molecular weight is 459 g/mol. The van der Waals surface area contributed by atoms with Crippen LogP contribution in [0.1, 0.15) is 6.92 Å². The highest BCUT2D eigenvalue weighted by Crippen LogP contribution is 2.29. The van der Waals surface area contributed by atoms with Gasteiger partial charge < -0.3 is 15.0 Å². The second kappa shape index (κ2) is 9.41. The number of H-pyrrole nitrogens is 1. The van der Waals surface area contributed by atoms with Gasteiger partial charge >= 0.3 is 0 Å². The largest absolute Gasteiger partial charge is 0.497 e. The van der Waals surface area contributed by atoms with Crippen LogP contribution in [-0.4, -0.2) is 33.3 Å². The van der Waals surface area contributed by atoms with E-state index in [1.54, 1.807) is 49.6 Å². The van der Waals surface area contributed by atoms with Gasteiger partial charge in [0.15, 0.2) is 0 Å². The van der Waals surface area contributed by atoms with Crippen molar-refractivity contribution in [3.8, 4) is 33.8 Å². The summed E-state index contributed by atoms with van der Waals surface area (Å²) < 4.78 is 6.32. The number of ether oxygens (including phenoxy) is 1. The Morgan fingerprint density at radius 3 is 2.53 bits per heavy atom. The van der Waals surface area contributed by atoms with E-state index in [9.17, 15) is 19.7 Å². The molecule has 172 valence electrons. The molecule has 4 rings (SSSR count). The molecule has 0 saturated carbocycles. The van der Waals surface area contributed by atoms with E-state index in [0.29, 0.717) is 34.7 Å². The van der Waals surface area contributed by atoms with Crippen LogP contribution in [0.4, 0.5) is 11.4 Å². The van der Waals surface area contributed by atoms with Crippen LogP contribution >= 0.6 is 0 Å². The van der Waals surface area contributed by atoms with Crippen LogP contribution in [0, 0.1) is 10.1 Å². The van der Waals surface area contributed by atoms with E-state index < -0.39 is 10.5 Å². The zero-order chi connectivity index (χ0) is 24.2. The number of rotatable bonds is 7. The van der Waals surface area contributed by atoms with Gasteiger partial charge in [-0.3, -0.25) is 19.7 Å². The number of anilines is 1. The Morgan fingerprint density at radius 1 is 1.06 bits per heavy atom. The topological polar surface area (TPSA) is 132 Å². The summed E-state index contributed by atoms with van der Waals surface area (Å²) in [5.74, 6) is 0.605. The van der Waals surface area contributed by atoms with Crippen LogP contribution in [0.3, 0.4) is 0 Å². The highest BCUT2D eigenvalue weighted by atomic mass is 16.6. The molecule has 2 heterocycles. The van der Waals surface area contributed by atoms with Gasteiger partial charge in [-0.25, -0.2) is 0 Å². The maximum atomic E-state index is 13.3. The molecule has 0 aliphatic heterocycles. The maximum Gasteiger partial charge on any atom is 0.295 e. The van der Waals surface area contributed by atoms with Crippen molar-refractivity contribution in [1.82, 2.24) is 14.8 Å². The fourth-order valence-electron chi connectivity index (χ4n) is 3.52. The third-order valence-corrected chi connectivity index (χ3v) is 5.16. The normalized spacial score (nSPS) is 10.6. The molecule has 34 heavy (non-hydrogen) atoms. The second-order valence-electron chi connectivity index (χ2n) is 7.32. The first kappa shape index (κ1) is 22.5. The zero-order valence-electron chi connectivity index (χ0n) is 18.4. The number of methoxy groups -OCH3 is 1. The summed E-state index contributed by atoms with van der Waals surface area (Å²) >= 11 is 0. The fraction of sp³-hybridized carbons (Fsp3) is 0.125.